The lowest BCUT2D eigenvalue weighted by Gasteiger charge is -2.29. The Labute approximate surface area is 159 Å². The number of likely N-dealkylation sites (tertiary alicyclic amines) is 1. The van der Waals surface area contributed by atoms with Crippen molar-refractivity contribution in [1.82, 2.24) is 9.88 Å². The zero-order chi connectivity index (χ0) is 18.8. The maximum Gasteiger partial charge on any atom is 0.101 e. The van der Waals surface area contributed by atoms with E-state index < -0.39 is 0 Å². The molecule has 0 spiro atoms. The van der Waals surface area contributed by atoms with Crippen LogP contribution in [0.2, 0.25) is 0 Å². The molecule has 4 heteroatoms. The Bertz CT molecular complexity index is 1010. The quantitative estimate of drug-likeness (QED) is 0.768. The average molecular weight is 357 g/mol. The van der Waals surface area contributed by atoms with Crippen molar-refractivity contribution in [3.05, 3.63) is 65.4 Å². The summed E-state index contributed by atoms with van der Waals surface area (Å²) in [5.74, 6) is 0. The monoisotopic (exact) mass is 357 g/mol. The van der Waals surface area contributed by atoms with E-state index >= 15 is 0 Å². The van der Waals surface area contributed by atoms with Gasteiger partial charge < -0.3 is 5.11 Å². The van der Waals surface area contributed by atoms with Crippen LogP contribution in [0, 0.1) is 18.3 Å². The molecule has 0 saturated carbocycles. The summed E-state index contributed by atoms with van der Waals surface area (Å²) in [6.45, 7) is 4.90. The molecule has 136 valence electrons. The molecule has 2 aromatic carbocycles. The van der Waals surface area contributed by atoms with Crippen molar-refractivity contribution in [2.75, 3.05) is 13.1 Å². The molecule has 0 radical (unpaired) electrons. The Morgan fingerprint density at radius 2 is 2.00 bits per heavy atom. The van der Waals surface area contributed by atoms with Crippen LogP contribution in [0.4, 0.5) is 0 Å². The molecule has 1 aliphatic heterocycles. The summed E-state index contributed by atoms with van der Waals surface area (Å²) in [5, 5.41) is 20.1. The largest absolute Gasteiger partial charge is 0.393 e. The molecule has 0 aliphatic carbocycles. The minimum atomic E-state index is -0.146. The Hall–Kier alpha value is -2.74. The van der Waals surface area contributed by atoms with Gasteiger partial charge in [-0.15, -0.1) is 0 Å². The van der Waals surface area contributed by atoms with Gasteiger partial charge in [-0.3, -0.25) is 9.88 Å². The highest BCUT2D eigenvalue weighted by atomic mass is 16.3. The lowest BCUT2D eigenvalue weighted by Crippen LogP contribution is -2.35. The fourth-order valence-electron chi connectivity index (χ4n) is 3.96. The number of aryl methyl sites for hydroxylation is 1. The van der Waals surface area contributed by atoms with E-state index in [1.165, 1.54) is 11.1 Å². The maximum atomic E-state index is 9.72. The van der Waals surface area contributed by atoms with Crippen LogP contribution in [0.5, 0.6) is 0 Å². The van der Waals surface area contributed by atoms with Crippen molar-refractivity contribution in [2.24, 2.45) is 0 Å². The smallest absolute Gasteiger partial charge is 0.101 e. The average Bonchev–Trinajstić information content (AvgIpc) is 2.68. The minimum absolute atomic E-state index is 0.146. The molecule has 27 heavy (non-hydrogen) atoms. The first-order chi connectivity index (χ1) is 13.1. The van der Waals surface area contributed by atoms with Crippen molar-refractivity contribution >= 4 is 10.9 Å². The van der Waals surface area contributed by atoms with E-state index in [9.17, 15) is 10.4 Å². The van der Waals surface area contributed by atoms with Gasteiger partial charge in [0.1, 0.15) is 6.07 Å². The first-order valence-electron chi connectivity index (χ1n) is 9.43. The van der Waals surface area contributed by atoms with Gasteiger partial charge in [-0.2, -0.15) is 5.26 Å². The third-order valence-electron chi connectivity index (χ3n) is 5.30. The predicted molar refractivity (Wildman–Crippen MR) is 107 cm³/mol. The summed E-state index contributed by atoms with van der Waals surface area (Å²) in [5.41, 5.74) is 6.13. The van der Waals surface area contributed by atoms with Crippen molar-refractivity contribution in [3.63, 3.8) is 0 Å². The second-order valence-electron chi connectivity index (χ2n) is 7.39. The first kappa shape index (κ1) is 17.7. The van der Waals surface area contributed by atoms with Gasteiger partial charge in [0, 0.05) is 31.2 Å². The fourth-order valence-corrected chi connectivity index (χ4v) is 3.96. The van der Waals surface area contributed by atoms with Crippen LogP contribution in [0.1, 0.15) is 29.5 Å². The second kappa shape index (κ2) is 7.48. The summed E-state index contributed by atoms with van der Waals surface area (Å²) in [6.07, 6.45) is 3.29. The van der Waals surface area contributed by atoms with Crippen molar-refractivity contribution in [3.8, 4) is 17.2 Å². The molecular formula is C23H23N3O. The van der Waals surface area contributed by atoms with Crippen LogP contribution < -0.4 is 0 Å². The Morgan fingerprint density at radius 3 is 2.78 bits per heavy atom. The number of nitrogens with zero attached hydrogens (tertiary/aromatic N) is 3. The molecule has 0 bridgehead atoms. The fraction of sp³-hybridized carbons (Fsp3) is 0.304. The molecule has 1 saturated heterocycles. The van der Waals surface area contributed by atoms with E-state index in [0.29, 0.717) is 5.56 Å². The van der Waals surface area contributed by atoms with Crippen molar-refractivity contribution in [1.29, 1.82) is 5.26 Å². The summed E-state index contributed by atoms with van der Waals surface area (Å²) < 4.78 is 0. The van der Waals surface area contributed by atoms with Crippen LogP contribution in [-0.4, -0.2) is 34.2 Å². The number of aliphatic hydroxyl groups is 1. The molecule has 2 heterocycles. The zero-order valence-electron chi connectivity index (χ0n) is 15.5. The van der Waals surface area contributed by atoms with E-state index in [0.717, 1.165) is 54.5 Å². The third kappa shape index (κ3) is 3.71. The van der Waals surface area contributed by atoms with Gasteiger partial charge in [0.25, 0.3) is 0 Å². The van der Waals surface area contributed by atoms with Gasteiger partial charge in [-0.1, -0.05) is 29.8 Å². The van der Waals surface area contributed by atoms with Crippen molar-refractivity contribution in [2.45, 2.75) is 32.4 Å². The van der Waals surface area contributed by atoms with Crippen LogP contribution in [0.15, 0.2) is 48.7 Å². The standard InChI is InChI=1S/C23H23N3O/c1-16-11-17(15-26-9-6-20(27)7-10-26)13-19(12-16)21-5-4-18(14-24)23-22(21)3-2-8-25-23/h2-5,8,11-13,20,27H,6-7,9-10,15H2,1H3. The number of rotatable bonds is 3. The van der Waals surface area contributed by atoms with E-state index in [1.54, 1.807) is 6.20 Å². The zero-order valence-corrected chi connectivity index (χ0v) is 15.5. The van der Waals surface area contributed by atoms with Gasteiger partial charge in [0.2, 0.25) is 0 Å². The number of nitriles is 1. The Balaban J connectivity index is 1.72. The number of hydrogen-bond donors (Lipinski definition) is 1. The van der Waals surface area contributed by atoms with E-state index in [4.69, 9.17) is 0 Å². The highest BCUT2D eigenvalue weighted by molar-refractivity contribution is 5.97. The predicted octanol–water partition coefficient (Wildman–Crippen LogP) is 4.04. The highest BCUT2D eigenvalue weighted by Gasteiger charge is 2.17. The number of piperidine rings is 1. The number of fused-ring (bicyclic) bond motifs is 1. The van der Waals surface area contributed by atoms with Crippen LogP contribution in [-0.2, 0) is 6.54 Å². The molecule has 1 aliphatic rings. The highest BCUT2D eigenvalue weighted by Crippen LogP contribution is 2.31. The molecule has 3 aromatic rings. The van der Waals surface area contributed by atoms with Crippen LogP contribution >= 0.6 is 0 Å². The molecule has 0 unspecified atom stereocenters. The number of pyridine rings is 1. The molecule has 1 aromatic heterocycles. The maximum absolute atomic E-state index is 9.72. The minimum Gasteiger partial charge on any atom is -0.393 e. The second-order valence-corrected chi connectivity index (χ2v) is 7.39. The van der Waals surface area contributed by atoms with E-state index in [2.05, 4.69) is 41.1 Å². The summed E-state index contributed by atoms with van der Waals surface area (Å²) in [6, 6.07) is 16.7. The van der Waals surface area contributed by atoms with Gasteiger partial charge in [0.15, 0.2) is 0 Å². The lowest BCUT2D eigenvalue weighted by molar-refractivity contribution is 0.0792. The van der Waals surface area contributed by atoms with Gasteiger partial charge in [-0.05, 0) is 54.7 Å². The molecule has 4 nitrogen and oxygen atoms in total. The molecule has 1 fully saturated rings. The topological polar surface area (TPSA) is 60.1 Å². The Morgan fingerprint density at radius 1 is 1.19 bits per heavy atom. The summed E-state index contributed by atoms with van der Waals surface area (Å²) >= 11 is 0. The summed E-state index contributed by atoms with van der Waals surface area (Å²) in [7, 11) is 0. The first-order valence-corrected chi connectivity index (χ1v) is 9.43. The number of aromatic nitrogens is 1. The van der Waals surface area contributed by atoms with Gasteiger partial charge in [-0.25, -0.2) is 0 Å². The van der Waals surface area contributed by atoms with E-state index in [-0.39, 0.29) is 6.10 Å². The SMILES string of the molecule is Cc1cc(CN2CCC(O)CC2)cc(-c2ccc(C#N)c3ncccc23)c1. The van der Waals surface area contributed by atoms with Crippen LogP contribution in [0.25, 0.3) is 22.0 Å². The van der Waals surface area contributed by atoms with Gasteiger partial charge >= 0.3 is 0 Å². The molecular weight excluding hydrogens is 334 g/mol. The third-order valence-corrected chi connectivity index (χ3v) is 5.30. The van der Waals surface area contributed by atoms with Gasteiger partial charge in [0.05, 0.1) is 17.2 Å². The number of hydrogen-bond acceptors (Lipinski definition) is 4. The van der Waals surface area contributed by atoms with E-state index in [1.807, 2.05) is 24.3 Å². The summed E-state index contributed by atoms with van der Waals surface area (Å²) in [4.78, 5) is 6.84. The molecule has 4 rings (SSSR count). The number of benzene rings is 2. The van der Waals surface area contributed by atoms with Crippen molar-refractivity contribution < 1.29 is 5.11 Å². The normalized spacial score (nSPS) is 15.7. The molecule has 0 atom stereocenters. The lowest BCUT2D eigenvalue weighted by atomic mass is 9.95. The van der Waals surface area contributed by atoms with Crippen LogP contribution in [0.3, 0.4) is 0 Å². The molecule has 0 amide bonds. The molecule has 1 N–H and O–H groups in total. The number of aliphatic hydroxyl groups excluding tert-OH is 1. The Kier molecular flexibility index (Phi) is 4.89.